The average Bonchev–Trinajstić information content (AvgIpc) is 2.72. The summed E-state index contributed by atoms with van der Waals surface area (Å²) in [6.07, 6.45) is 8.80. The number of hydrogen-bond acceptors (Lipinski definition) is 4. The Balaban J connectivity index is 1.51. The van der Waals surface area contributed by atoms with Gasteiger partial charge in [0, 0.05) is 29.2 Å². The SMILES string of the molecule is O=CN(CCCCC1=CC(=O)c2ccccc2C1=O)C(=O)C1CCCCC1. The Bertz CT molecular complexity index is 774. The molecule has 2 amide bonds. The Hall–Kier alpha value is -2.56. The van der Waals surface area contributed by atoms with Gasteiger partial charge in [0.05, 0.1) is 0 Å². The zero-order valence-corrected chi connectivity index (χ0v) is 15.5. The van der Waals surface area contributed by atoms with Gasteiger partial charge >= 0.3 is 0 Å². The third kappa shape index (κ3) is 4.41. The van der Waals surface area contributed by atoms with E-state index in [1.165, 1.54) is 11.0 Å². The zero-order valence-electron chi connectivity index (χ0n) is 15.5. The van der Waals surface area contributed by atoms with Gasteiger partial charge in [0.15, 0.2) is 11.6 Å². The first-order valence-corrected chi connectivity index (χ1v) is 9.76. The minimum absolute atomic E-state index is 0.0271. The number of amides is 2. The normalized spacial score (nSPS) is 17.3. The molecule has 1 saturated carbocycles. The van der Waals surface area contributed by atoms with E-state index in [0.717, 1.165) is 32.1 Å². The quantitative estimate of drug-likeness (QED) is 0.544. The van der Waals surface area contributed by atoms with Gasteiger partial charge in [-0.3, -0.25) is 24.1 Å². The van der Waals surface area contributed by atoms with E-state index in [0.29, 0.717) is 48.9 Å². The molecule has 0 radical (unpaired) electrons. The molecule has 1 fully saturated rings. The van der Waals surface area contributed by atoms with Gasteiger partial charge in [0.25, 0.3) is 0 Å². The zero-order chi connectivity index (χ0) is 19.2. The molecule has 0 atom stereocenters. The van der Waals surface area contributed by atoms with Crippen molar-refractivity contribution in [3.8, 4) is 0 Å². The van der Waals surface area contributed by atoms with Gasteiger partial charge in [-0.25, -0.2) is 0 Å². The van der Waals surface area contributed by atoms with Crippen LogP contribution in [-0.4, -0.2) is 35.3 Å². The van der Waals surface area contributed by atoms with Crippen molar-refractivity contribution < 1.29 is 19.2 Å². The smallest absolute Gasteiger partial charge is 0.232 e. The second-order valence-corrected chi connectivity index (χ2v) is 7.34. The summed E-state index contributed by atoms with van der Waals surface area (Å²) < 4.78 is 0. The van der Waals surface area contributed by atoms with Gasteiger partial charge in [-0.2, -0.15) is 0 Å². The number of nitrogens with zero attached hydrogens (tertiary/aromatic N) is 1. The van der Waals surface area contributed by atoms with Crippen LogP contribution in [-0.2, 0) is 9.59 Å². The Morgan fingerprint density at radius 1 is 1.04 bits per heavy atom. The van der Waals surface area contributed by atoms with E-state index in [2.05, 4.69) is 0 Å². The van der Waals surface area contributed by atoms with Gasteiger partial charge in [0.2, 0.25) is 12.3 Å². The summed E-state index contributed by atoms with van der Waals surface area (Å²) >= 11 is 0. The van der Waals surface area contributed by atoms with Crippen molar-refractivity contribution in [1.82, 2.24) is 4.90 Å². The van der Waals surface area contributed by atoms with E-state index in [4.69, 9.17) is 0 Å². The largest absolute Gasteiger partial charge is 0.289 e. The highest BCUT2D eigenvalue weighted by Gasteiger charge is 2.26. The Morgan fingerprint density at radius 2 is 1.74 bits per heavy atom. The highest BCUT2D eigenvalue weighted by Crippen LogP contribution is 2.26. The van der Waals surface area contributed by atoms with Gasteiger partial charge in [-0.05, 0) is 38.2 Å². The Labute approximate surface area is 159 Å². The molecule has 3 rings (SSSR count). The number of rotatable bonds is 7. The summed E-state index contributed by atoms with van der Waals surface area (Å²) in [4.78, 5) is 49.7. The molecule has 0 aliphatic heterocycles. The summed E-state index contributed by atoms with van der Waals surface area (Å²) in [5.74, 6) is -0.333. The summed E-state index contributed by atoms with van der Waals surface area (Å²) in [6, 6.07) is 6.85. The van der Waals surface area contributed by atoms with E-state index in [-0.39, 0.29) is 23.4 Å². The number of Topliss-reactive ketones (excluding diaryl/α,β-unsaturated/α-hetero) is 1. The number of fused-ring (bicyclic) bond motifs is 1. The molecule has 0 spiro atoms. The van der Waals surface area contributed by atoms with Crippen LogP contribution in [0.3, 0.4) is 0 Å². The number of ketones is 2. The topological polar surface area (TPSA) is 71.5 Å². The lowest BCUT2D eigenvalue weighted by Crippen LogP contribution is -2.36. The molecule has 0 heterocycles. The first-order chi connectivity index (χ1) is 13.1. The lowest BCUT2D eigenvalue weighted by atomic mass is 9.87. The fourth-order valence-corrected chi connectivity index (χ4v) is 3.95. The fourth-order valence-electron chi connectivity index (χ4n) is 3.95. The van der Waals surface area contributed by atoms with Crippen molar-refractivity contribution in [3.05, 3.63) is 47.0 Å². The lowest BCUT2D eigenvalue weighted by Gasteiger charge is -2.25. The molecule has 0 N–H and O–H groups in total. The predicted octanol–water partition coefficient (Wildman–Crippen LogP) is 3.73. The van der Waals surface area contributed by atoms with Crippen molar-refractivity contribution in [2.75, 3.05) is 6.54 Å². The number of carbonyl (C=O) groups excluding carboxylic acids is 4. The molecule has 1 aromatic carbocycles. The van der Waals surface area contributed by atoms with Gasteiger partial charge in [-0.15, -0.1) is 0 Å². The van der Waals surface area contributed by atoms with Crippen LogP contribution in [0.25, 0.3) is 0 Å². The van der Waals surface area contributed by atoms with Crippen LogP contribution in [0.1, 0.15) is 72.1 Å². The number of hydrogen-bond donors (Lipinski definition) is 0. The standard InChI is InChI=1S/C22H25NO4/c24-15-23(22(27)16-8-2-1-3-9-16)13-7-6-10-17-14-20(25)18-11-4-5-12-19(18)21(17)26/h4-5,11-12,14-16H,1-3,6-10,13H2. The van der Waals surface area contributed by atoms with Crippen LogP contribution in [0.5, 0.6) is 0 Å². The number of imide groups is 1. The third-order valence-electron chi connectivity index (χ3n) is 5.49. The molecule has 142 valence electrons. The molecule has 2 aliphatic rings. The van der Waals surface area contributed by atoms with Crippen LogP contribution in [0, 0.1) is 5.92 Å². The van der Waals surface area contributed by atoms with Crippen LogP contribution in [0.4, 0.5) is 0 Å². The molecule has 5 nitrogen and oxygen atoms in total. The maximum Gasteiger partial charge on any atom is 0.232 e. The van der Waals surface area contributed by atoms with E-state index in [1.54, 1.807) is 24.3 Å². The number of allylic oxidation sites excluding steroid dienone is 2. The molecular formula is C22H25NO4. The summed E-state index contributed by atoms with van der Waals surface area (Å²) in [6.45, 7) is 0.366. The van der Waals surface area contributed by atoms with Crippen molar-refractivity contribution in [2.24, 2.45) is 5.92 Å². The molecule has 5 heteroatoms. The van der Waals surface area contributed by atoms with E-state index in [1.807, 2.05) is 0 Å². The highest BCUT2D eigenvalue weighted by molar-refractivity contribution is 6.24. The van der Waals surface area contributed by atoms with E-state index in [9.17, 15) is 19.2 Å². The molecule has 2 aliphatic carbocycles. The summed E-state index contributed by atoms with van der Waals surface area (Å²) in [7, 11) is 0. The minimum Gasteiger partial charge on any atom is -0.289 e. The van der Waals surface area contributed by atoms with Crippen LogP contribution in [0.2, 0.25) is 0 Å². The molecule has 0 unspecified atom stereocenters. The average molecular weight is 367 g/mol. The summed E-state index contributed by atoms with van der Waals surface area (Å²) in [5.41, 5.74) is 1.42. The molecule has 27 heavy (non-hydrogen) atoms. The third-order valence-corrected chi connectivity index (χ3v) is 5.49. The molecule has 0 aromatic heterocycles. The Kier molecular flexibility index (Phi) is 6.32. The second kappa shape index (κ2) is 8.89. The van der Waals surface area contributed by atoms with Gasteiger partial charge in [0.1, 0.15) is 0 Å². The van der Waals surface area contributed by atoms with Crippen LogP contribution >= 0.6 is 0 Å². The van der Waals surface area contributed by atoms with Crippen molar-refractivity contribution in [3.63, 3.8) is 0 Å². The van der Waals surface area contributed by atoms with Crippen molar-refractivity contribution in [2.45, 2.75) is 51.4 Å². The maximum atomic E-state index is 12.5. The highest BCUT2D eigenvalue weighted by atomic mass is 16.2. The van der Waals surface area contributed by atoms with E-state index >= 15 is 0 Å². The lowest BCUT2D eigenvalue weighted by molar-refractivity contribution is -0.142. The first-order valence-electron chi connectivity index (χ1n) is 9.76. The molecule has 0 bridgehead atoms. The van der Waals surface area contributed by atoms with Crippen LogP contribution in [0.15, 0.2) is 35.9 Å². The van der Waals surface area contributed by atoms with Crippen molar-refractivity contribution in [1.29, 1.82) is 0 Å². The predicted molar refractivity (Wildman–Crippen MR) is 101 cm³/mol. The number of carbonyl (C=O) groups is 4. The molecule has 1 aromatic rings. The first kappa shape index (κ1) is 19.2. The Morgan fingerprint density at radius 3 is 2.44 bits per heavy atom. The molecular weight excluding hydrogens is 342 g/mol. The van der Waals surface area contributed by atoms with Crippen LogP contribution < -0.4 is 0 Å². The van der Waals surface area contributed by atoms with Gasteiger partial charge in [-0.1, -0.05) is 43.5 Å². The summed E-state index contributed by atoms with van der Waals surface area (Å²) in [5, 5.41) is 0. The van der Waals surface area contributed by atoms with Gasteiger partial charge < -0.3 is 0 Å². The van der Waals surface area contributed by atoms with Crippen molar-refractivity contribution >= 4 is 23.9 Å². The molecule has 0 saturated heterocycles. The fraction of sp³-hybridized carbons (Fsp3) is 0.455. The minimum atomic E-state index is -0.137. The monoisotopic (exact) mass is 367 g/mol. The van der Waals surface area contributed by atoms with E-state index < -0.39 is 0 Å². The maximum absolute atomic E-state index is 12.5. The second-order valence-electron chi connectivity index (χ2n) is 7.34. The number of unbranched alkanes of at least 4 members (excludes halogenated alkanes) is 1. The number of benzene rings is 1.